The van der Waals surface area contributed by atoms with Gasteiger partial charge >= 0.3 is 0 Å². The summed E-state index contributed by atoms with van der Waals surface area (Å²) >= 11 is 3.09. The van der Waals surface area contributed by atoms with Crippen LogP contribution in [0, 0.1) is 11.7 Å². The Kier molecular flexibility index (Phi) is 5.33. The summed E-state index contributed by atoms with van der Waals surface area (Å²) in [6.45, 7) is 3.45. The molecule has 6 heteroatoms. The zero-order valence-corrected chi connectivity index (χ0v) is 13.5. The fourth-order valence-corrected chi connectivity index (χ4v) is 2.87. The number of carbonyl (C=O) groups is 2. The Balaban J connectivity index is 2.00. The molecule has 0 aromatic heterocycles. The van der Waals surface area contributed by atoms with Gasteiger partial charge in [-0.25, -0.2) is 4.39 Å². The van der Waals surface area contributed by atoms with E-state index in [1.807, 2.05) is 6.92 Å². The molecule has 21 heavy (non-hydrogen) atoms. The third-order valence-electron chi connectivity index (χ3n) is 3.69. The van der Waals surface area contributed by atoms with Gasteiger partial charge in [-0.2, -0.15) is 0 Å². The minimum absolute atomic E-state index is 0.0400. The van der Waals surface area contributed by atoms with Crippen LogP contribution in [0.1, 0.15) is 30.1 Å². The maximum atomic E-state index is 14.0. The average molecular weight is 357 g/mol. The lowest BCUT2D eigenvalue weighted by atomic mass is 9.95. The molecule has 2 amide bonds. The summed E-state index contributed by atoms with van der Waals surface area (Å²) in [6.07, 6.45) is 1.24. The molecule has 1 fully saturated rings. The minimum atomic E-state index is -0.534. The van der Waals surface area contributed by atoms with Crippen molar-refractivity contribution in [2.75, 3.05) is 19.6 Å². The fraction of sp³-hybridized carbons (Fsp3) is 0.467. The summed E-state index contributed by atoms with van der Waals surface area (Å²) < 4.78 is 14.2. The fourth-order valence-electron chi connectivity index (χ4n) is 2.50. The lowest BCUT2D eigenvalue weighted by Crippen LogP contribution is -2.43. The van der Waals surface area contributed by atoms with Crippen molar-refractivity contribution >= 4 is 27.7 Å². The summed E-state index contributed by atoms with van der Waals surface area (Å²) in [6, 6.07) is 4.69. The molecule has 1 aromatic rings. The Labute approximate surface area is 131 Å². The monoisotopic (exact) mass is 356 g/mol. The Morgan fingerprint density at radius 3 is 2.67 bits per heavy atom. The van der Waals surface area contributed by atoms with Crippen LogP contribution in [0.3, 0.4) is 0 Å². The normalized spacial score (nSPS) is 15.9. The second kappa shape index (κ2) is 7.02. The van der Waals surface area contributed by atoms with Gasteiger partial charge in [-0.15, -0.1) is 0 Å². The molecule has 0 saturated carbocycles. The van der Waals surface area contributed by atoms with Gasteiger partial charge < -0.3 is 10.2 Å². The van der Waals surface area contributed by atoms with E-state index >= 15 is 0 Å². The van der Waals surface area contributed by atoms with Crippen LogP contribution in [0.4, 0.5) is 4.39 Å². The van der Waals surface area contributed by atoms with Gasteiger partial charge in [0.2, 0.25) is 5.91 Å². The Morgan fingerprint density at radius 2 is 2.05 bits per heavy atom. The average Bonchev–Trinajstić information content (AvgIpc) is 2.50. The van der Waals surface area contributed by atoms with E-state index in [1.165, 1.54) is 6.07 Å². The number of hydrogen-bond acceptors (Lipinski definition) is 2. The summed E-state index contributed by atoms with van der Waals surface area (Å²) in [5.41, 5.74) is 0.0702. The number of likely N-dealkylation sites (tertiary alicyclic amines) is 1. The number of piperidine rings is 1. The van der Waals surface area contributed by atoms with Gasteiger partial charge in [-0.05, 0) is 47.8 Å². The van der Waals surface area contributed by atoms with Crippen molar-refractivity contribution in [2.24, 2.45) is 5.92 Å². The minimum Gasteiger partial charge on any atom is -0.356 e. The van der Waals surface area contributed by atoms with Gasteiger partial charge in [0, 0.05) is 25.6 Å². The molecule has 2 rings (SSSR count). The van der Waals surface area contributed by atoms with Crippen LogP contribution >= 0.6 is 15.9 Å². The summed E-state index contributed by atoms with van der Waals surface area (Å²) in [5.74, 6) is -0.865. The van der Waals surface area contributed by atoms with E-state index in [1.54, 1.807) is 17.0 Å². The predicted molar refractivity (Wildman–Crippen MR) is 81.4 cm³/mol. The van der Waals surface area contributed by atoms with Crippen molar-refractivity contribution < 1.29 is 14.0 Å². The summed E-state index contributed by atoms with van der Waals surface area (Å²) in [5, 5.41) is 2.80. The first-order valence-corrected chi connectivity index (χ1v) is 7.85. The van der Waals surface area contributed by atoms with Crippen LogP contribution in [0.15, 0.2) is 22.7 Å². The number of nitrogens with zero attached hydrogens (tertiary/aromatic N) is 1. The Morgan fingerprint density at radius 1 is 1.38 bits per heavy atom. The van der Waals surface area contributed by atoms with E-state index in [-0.39, 0.29) is 27.8 Å². The van der Waals surface area contributed by atoms with E-state index in [4.69, 9.17) is 0 Å². The largest absolute Gasteiger partial charge is 0.356 e. The van der Waals surface area contributed by atoms with E-state index in [2.05, 4.69) is 21.2 Å². The third-order valence-corrected chi connectivity index (χ3v) is 4.30. The molecule has 0 unspecified atom stereocenters. The topological polar surface area (TPSA) is 49.4 Å². The van der Waals surface area contributed by atoms with Crippen molar-refractivity contribution in [3.8, 4) is 0 Å². The molecule has 4 nitrogen and oxygen atoms in total. The molecule has 1 aromatic carbocycles. The maximum absolute atomic E-state index is 14.0. The molecule has 0 radical (unpaired) electrons. The quantitative estimate of drug-likeness (QED) is 0.904. The summed E-state index contributed by atoms with van der Waals surface area (Å²) in [4.78, 5) is 25.7. The molecule has 1 N–H and O–H groups in total. The standard InChI is InChI=1S/C15H18BrFN2O2/c1-2-18-14(20)10-6-8-19(9-7-10)15(21)11-4-3-5-12(16)13(11)17/h3-5,10H,2,6-9H2,1H3,(H,18,20). The maximum Gasteiger partial charge on any atom is 0.256 e. The van der Waals surface area contributed by atoms with Crippen molar-refractivity contribution in [1.82, 2.24) is 10.2 Å². The lowest BCUT2D eigenvalue weighted by Gasteiger charge is -2.31. The number of benzene rings is 1. The number of nitrogens with one attached hydrogen (secondary N) is 1. The van der Waals surface area contributed by atoms with Gasteiger partial charge in [-0.1, -0.05) is 6.07 Å². The smallest absolute Gasteiger partial charge is 0.256 e. The lowest BCUT2D eigenvalue weighted by molar-refractivity contribution is -0.126. The zero-order chi connectivity index (χ0) is 15.4. The van der Waals surface area contributed by atoms with Gasteiger partial charge in [0.05, 0.1) is 10.0 Å². The number of amides is 2. The number of halogens is 2. The van der Waals surface area contributed by atoms with Crippen LogP contribution < -0.4 is 5.32 Å². The second-order valence-electron chi connectivity index (χ2n) is 5.06. The number of carbonyl (C=O) groups excluding carboxylic acids is 2. The Bertz CT molecular complexity index is 542. The molecule has 0 aliphatic carbocycles. The molecule has 0 bridgehead atoms. The Hall–Kier alpha value is -1.43. The molecular weight excluding hydrogens is 339 g/mol. The zero-order valence-electron chi connectivity index (χ0n) is 11.9. The SMILES string of the molecule is CCNC(=O)C1CCN(C(=O)c2cccc(Br)c2F)CC1. The molecule has 1 aliphatic heterocycles. The van der Waals surface area contributed by atoms with Crippen LogP contribution in [0.2, 0.25) is 0 Å². The first-order chi connectivity index (χ1) is 10.0. The molecule has 1 saturated heterocycles. The van der Waals surface area contributed by atoms with Crippen LogP contribution in [0.5, 0.6) is 0 Å². The van der Waals surface area contributed by atoms with Crippen LogP contribution in [-0.4, -0.2) is 36.3 Å². The van der Waals surface area contributed by atoms with Crippen molar-refractivity contribution in [1.29, 1.82) is 0 Å². The molecule has 0 atom stereocenters. The highest BCUT2D eigenvalue weighted by molar-refractivity contribution is 9.10. The molecular formula is C15H18BrFN2O2. The molecule has 1 aliphatic rings. The van der Waals surface area contributed by atoms with Crippen molar-refractivity contribution in [3.63, 3.8) is 0 Å². The van der Waals surface area contributed by atoms with E-state index in [9.17, 15) is 14.0 Å². The first kappa shape index (κ1) is 15.9. The van der Waals surface area contributed by atoms with Crippen LogP contribution in [-0.2, 0) is 4.79 Å². The van der Waals surface area contributed by atoms with E-state index in [0.29, 0.717) is 32.5 Å². The van der Waals surface area contributed by atoms with E-state index in [0.717, 1.165) is 0 Å². The van der Waals surface area contributed by atoms with Gasteiger partial charge in [-0.3, -0.25) is 9.59 Å². The van der Waals surface area contributed by atoms with Crippen LogP contribution in [0.25, 0.3) is 0 Å². The molecule has 0 spiro atoms. The third kappa shape index (κ3) is 3.61. The molecule has 114 valence electrons. The van der Waals surface area contributed by atoms with Crippen molar-refractivity contribution in [3.05, 3.63) is 34.1 Å². The highest BCUT2D eigenvalue weighted by atomic mass is 79.9. The highest BCUT2D eigenvalue weighted by Gasteiger charge is 2.28. The molecule has 1 heterocycles. The highest BCUT2D eigenvalue weighted by Crippen LogP contribution is 2.23. The van der Waals surface area contributed by atoms with Crippen molar-refractivity contribution in [2.45, 2.75) is 19.8 Å². The van der Waals surface area contributed by atoms with Gasteiger partial charge in [0.15, 0.2) is 0 Å². The first-order valence-electron chi connectivity index (χ1n) is 7.05. The summed E-state index contributed by atoms with van der Waals surface area (Å²) in [7, 11) is 0. The number of hydrogen-bond donors (Lipinski definition) is 1. The predicted octanol–water partition coefficient (Wildman–Crippen LogP) is 2.58. The second-order valence-corrected chi connectivity index (χ2v) is 5.92. The van der Waals surface area contributed by atoms with E-state index < -0.39 is 5.82 Å². The number of rotatable bonds is 3. The van der Waals surface area contributed by atoms with Gasteiger partial charge in [0.1, 0.15) is 5.82 Å². The van der Waals surface area contributed by atoms with Gasteiger partial charge in [0.25, 0.3) is 5.91 Å².